The molecule has 1 aliphatic heterocycles. The molecule has 1 saturated heterocycles. The number of nitrogens with zero attached hydrogens (tertiary/aromatic N) is 2. The van der Waals surface area contributed by atoms with Gasteiger partial charge in [0.1, 0.15) is 30.6 Å². The Kier molecular flexibility index (Phi) is 6.37. The average molecular weight is 431 g/mol. The summed E-state index contributed by atoms with van der Waals surface area (Å²) in [5, 5.41) is 7.91. The first kappa shape index (κ1) is 20.5. The fourth-order valence-electron chi connectivity index (χ4n) is 3.22. The van der Waals surface area contributed by atoms with Crippen LogP contribution in [0.3, 0.4) is 0 Å². The maximum atomic E-state index is 6.12. The van der Waals surface area contributed by atoms with E-state index in [1.165, 1.54) is 6.33 Å². The largest absolute Gasteiger partial charge is 0.495 e. The summed E-state index contributed by atoms with van der Waals surface area (Å²) in [6, 6.07) is 9.13. The van der Waals surface area contributed by atoms with E-state index in [1.807, 2.05) is 24.3 Å². The lowest BCUT2D eigenvalue weighted by molar-refractivity contribution is -0.000235. The molecular formula is C21H23ClN4O4. The number of halogens is 1. The van der Waals surface area contributed by atoms with Crippen LogP contribution in [0.5, 0.6) is 17.2 Å². The molecule has 1 unspecified atom stereocenters. The number of rotatable bonds is 7. The van der Waals surface area contributed by atoms with E-state index < -0.39 is 0 Å². The maximum absolute atomic E-state index is 6.12. The number of fused-ring (bicyclic) bond motifs is 1. The molecule has 0 saturated carbocycles. The molecule has 0 aliphatic carbocycles. The van der Waals surface area contributed by atoms with Crippen LogP contribution >= 0.6 is 11.6 Å². The fraction of sp³-hybridized carbons (Fsp3) is 0.333. The van der Waals surface area contributed by atoms with E-state index in [2.05, 4.69) is 20.6 Å². The Labute approximate surface area is 179 Å². The summed E-state index contributed by atoms with van der Waals surface area (Å²) >= 11 is 6.12. The van der Waals surface area contributed by atoms with Crippen LogP contribution in [0.1, 0.15) is 0 Å². The van der Waals surface area contributed by atoms with Gasteiger partial charge in [0.15, 0.2) is 11.5 Å². The molecule has 1 aliphatic rings. The molecule has 9 heteroatoms. The molecule has 8 nitrogen and oxygen atoms in total. The number of methoxy groups -OCH3 is 2. The molecule has 30 heavy (non-hydrogen) atoms. The standard InChI is InChI=1S/C21H23ClN4O4/c1-27-18-7-13(3-4-16(18)22)26-21-15-8-19(28-2)20(9-17(15)24-12-25-21)30-11-14-10-23-5-6-29-14/h3-4,7-9,12,14,23H,5-6,10-11H2,1-2H3,(H,24,25,26). The number of hydrogen-bond donors (Lipinski definition) is 2. The van der Waals surface area contributed by atoms with Gasteiger partial charge in [0.25, 0.3) is 0 Å². The number of aromatic nitrogens is 2. The summed E-state index contributed by atoms with van der Waals surface area (Å²) in [4.78, 5) is 8.77. The second-order valence-corrected chi connectivity index (χ2v) is 7.13. The van der Waals surface area contributed by atoms with Gasteiger partial charge in [-0.2, -0.15) is 0 Å². The lowest BCUT2D eigenvalue weighted by atomic mass is 10.2. The van der Waals surface area contributed by atoms with E-state index in [4.69, 9.17) is 30.5 Å². The zero-order valence-electron chi connectivity index (χ0n) is 16.8. The quantitative estimate of drug-likeness (QED) is 0.589. The lowest BCUT2D eigenvalue weighted by Crippen LogP contribution is -2.41. The highest BCUT2D eigenvalue weighted by molar-refractivity contribution is 6.32. The van der Waals surface area contributed by atoms with Crippen molar-refractivity contribution in [3.05, 3.63) is 41.7 Å². The van der Waals surface area contributed by atoms with Gasteiger partial charge in [-0.1, -0.05) is 11.6 Å². The maximum Gasteiger partial charge on any atom is 0.163 e. The van der Waals surface area contributed by atoms with Gasteiger partial charge in [0, 0.05) is 36.3 Å². The highest BCUT2D eigenvalue weighted by Gasteiger charge is 2.17. The number of morpholine rings is 1. The smallest absolute Gasteiger partial charge is 0.163 e. The minimum Gasteiger partial charge on any atom is -0.495 e. The van der Waals surface area contributed by atoms with Crippen molar-refractivity contribution in [2.45, 2.75) is 6.10 Å². The summed E-state index contributed by atoms with van der Waals surface area (Å²) < 4.78 is 22.5. The zero-order valence-corrected chi connectivity index (χ0v) is 17.5. The normalized spacial score (nSPS) is 16.3. The molecule has 2 N–H and O–H groups in total. The van der Waals surface area contributed by atoms with E-state index in [0.717, 1.165) is 29.7 Å². The minimum absolute atomic E-state index is 0.00154. The van der Waals surface area contributed by atoms with Crippen LogP contribution in [-0.4, -0.2) is 56.6 Å². The van der Waals surface area contributed by atoms with E-state index in [9.17, 15) is 0 Å². The second kappa shape index (κ2) is 9.34. The number of ether oxygens (including phenoxy) is 4. The van der Waals surface area contributed by atoms with Gasteiger partial charge in [0.05, 0.1) is 31.4 Å². The van der Waals surface area contributed by atoms with E-state index in [1.54, 1.807) is 20.3 Å². The van der Waals surface area contributed by atoms with Crippen molar-refractivity contribution in [1.82, 2.24) is 15.3 Å². The van der Waals surface area contributed by atoms with Crippen LogP contribution < -0.4 is 24.8 Å². The summed E-state index contributed by atoms with van der Waals surface area (Å²) in [7, 11) is 3.18. The zero-order chi connectivity index (χ0) is 20.9. The average Bonchev–Trinajstić information content (AvgIpc) is 2.79. The Hall–Kier alpha value is -2.81. The second-order valence-electron chi connectivity index (χ2n) is 6.72. The number of benzene rings is 2. The molecule has 1 aromatic heterocycles. The molecule has 0 bridgehead atoms. The Balaban J connectivity index is 1.60. The molecule has 4 rings (SSSR count). The van der Waals surface area contributed by atoms with Crippen molar-refractivity contribution in [2.24, 2.45) is 0 Å². The lowest BCUT2D eigenvalue weighted by Gasteiger charge is -2.24. The van der Waals surface area contributed by atoms with Crippen molar-refractivity contribution in [3.8, 4) is 17.2 Å². The molecule has 2 heterocycles. The van der Waals surface area contributed by atoms with E-state index in [0.29, 0.717) is 41.3 Å². The summed E-state index contributed by atoms with van der Waals surface area (Å²) in [5.74, 6) is 2.41. The number of anilines is 2. The van der Waals surface area contributed by atoms with Crippen molar-refractivity contribution < 1.29 is 18.9 Å². The van der Waals surface area contributed by atoms with Crippen molar-refractivity contribution in [1.29, 1.82) is 0 Å². The van der Waals surface area contributed by atoms with Crippen LogP contribution in [0.15, 0.2) is 36.7 Å². The monoisotopic (exact) mass is 430 g/mol. The molecule has 3 aromatic rings. The highest BCUT2D eigenvalue weighted by atomic mass is 35.5. The van der Waals surface area contributed by atoms with Gasteiger partial charge in [-0.25, -0.2) is 9.97 Å². The van der Waals surface area contributed by atoms with E-state index in [-0.39, 0.29) is 6.10 Å². The first-order valence-corrected chi connectivity index (χ1v) is 9.94. The molecule has 158 valence electrons. The van der Waals surface area contributed by atoms with Gasteiger partial charge in [-0.3, -0.25) is 0 Å². The van der Waals surface area contributed by atoms with Crippen molar-refractivity contribution in [3.63, 3.8) is 0 Å². The molecular weight excluding hydrogens is 408 g/mol. The molecule has 2 aromatic carbocycles. The Bertz CT molecular complexity index is 1030. The summed E-state index contributed by atoms with van der Waals surface area (Å²) in [6.07, 6.45) is 1.50. The third-order valence-electron chi connectivity index (χ3n) is 4.76. The summed E-state index contributed by atoms with van der Waals surface area (Å²) in [5.41, 5.74) is 1.52. The van der Waals surface area contributed by atoms with Crippen LogP contribution in [-0.2, 0) is 4.74 Å². The van der Waals surface area contributed by atoms with Gasteiger partial charge >= 0.3 is 0 Å². The Morgan fingerprint density at radius 1 is 1.13 bits per heavy atom. The van der Waals surface area contributed by atoms with Crippen LogP contribution in [0, 0.1) is 0 Å². The molecule has 0 radical (unpaired) electrons. The van der Waals surface area contributed by atoms with Crippen LogP contribution in [0.4, 0.5) is 11.5 Å². The van der Waals surface area contributed by atoms with Gasteiger partial charge < -0.3 is 29.6 Å². The van der Waals surface area contributed by atoms with Crippen molar-refractivity contribution >= 4 is 34.0 Å². The van der Waals surface area contributed by atoms with Crippen molar-refractivity contribution in [2.75, 3.05) is 45.8 Å². The molecule has 1 fully saturated rings. The number of hydrogen-bond acceptors (Lipinski definition) is 8. The fourth-order valence-corrected chi connectivity index (χ4v) is 3.41. The topological polar surface area (TPSA) is 86.8 Å². The predicted molar refractivity (Wildman–Crippen MR) is 115 cm³/mol. The van der Waals surface area contributed by atoms with Gasteiger partial charge in [-0.15, -0.1) is 0 Å². The molecule has 1 atom stereocenters. The number of nitrogens with one attached hydrogen (secondary N) is 2. The molecule has 0 spiro atoms. The SMILES string of the molecule is COc1cc(Nc2ncnc3cc(OCC4CNCCO4)c(OC)cc23)ccc1Cl. The first-order valence-electron chi connectivity index (χ1n) is 9.56. The van der Waals surface area contributed by atoms with Gasteiger partial charge in [-0.05, 0) is 18.2 Å². The Morgan fingerprint density at radius 3 is 2.77 bits per heavy atom. The summed E-state index contributed by atoms with van der Waals surface area (Å²) in [6.45, 7) is 2.73. The predicted octanol–water partition coefficient (Wildman–Crippen LogP) is 3.41. The van der Waals surface area contributed by atoms with E-state index >= 15 is 0 Å². The molecule has 0 amide bonds. The first-order chi connectivity index (χ1) is 14.7. The Morgan fingerprint density at radius 2 is 2.00 bits per heavy atom. The van der Waals surface area contributed by atoms with Crippen LogP contribution in [0.25, 0.3) is 10.9 Å². The minimum atomic E-state index is 0.00154. The highest BCUT2D eigenvalue weighted by Crippen LogP contribution is 2.35. The van der Waals surface area contributed by atoms with Gasteiger partial charge in [0.2, 0.25) is 0 Å². The van der Waals surface area contributed by atoms with Crippen LogP contribution in [0.2, 0.25) is 5.02 Å². The third-order valence-corrected chi connectivity index (χ3v) is 5.08. The third kappa shape index (κ3) is 4.51.